The van der Waals surface area contributed by atoms with Gasteiger partial charge in [-0.1, -0.05) is 13.0 Å². The van der Waals surface area contributed by atoms with Crippen molar-refractivity contribution in [3.8, 4) is 0 Å². The van der Waals surface area contributed by atoms with Gasteiger partial charge in [-0.2, -0.15) is 0 Å². The fourth-order valence-corrected chi connectivity index (χ4v) is 0.492. The van der Waals surface area contributed by atoms with Gasteiger partial charge in [-0.15, -0.1) is 6.61 Å². The summed E-state index contributed by atoms with van der Waals surface area (Å²) in [4.78, 5) is 32.3. The fourth-order valence-electron chi connectivity index (χ4n) is 0.492. The van der Waals surface area contributed by atoms with E-state index < -0.39 is 7.82 Å². The van der Waals surface area contributed by atoms with E-state index in [-0.39, 0.29) is 42.1 Å². The SMILES string of the molecule is C=C(C)C(=O)OCCCC[O-].O=P(O)(O)O.[Na+]. The van der Waals surface area contributed by atoms with Gasteiger partial charge in [0.25, 0.3) is 0 Å². The van der Waals surface area contributed by atoms with E-state index in [2.05, 4.69) is 6.58 Å². The molecule has 0 rings (SSSR count). The van der Waals surface area contributed by atoms with E-state index in [0.29, 0.717) is 25.0 Å². The van der Waals surface area contributed by atoms with E-state index in [4.69, 9.17) is 24.0 Å². The number of carbonyl (C=O) groups excluding carboxylic acids is 1. The first-order valence-electron chi connectivity index (χ1n) is 4.37. The smallest absolute Gasteiger partial charge is 0.854 e. The van der Waals surface area contributed by atoms with Crippen LogP contribution in [0.3, 0.4) is 0 Å². The Kier molecular flexibility index (Phi) is 16.8. The van der Waals surface area contributed by atoms with Crippen LogP contribution in [0.4, 0.5) is 0 Å². The standard InChI is InChI=1S/C8H13O3.Na.H3O4P/c1-7(2)8(10)11-6-4-3-5-9;;1-5(2,3)4/h1,3-6H2,2H3;;(H3,1,2,3,4)/q-1;+1;. The monoisotopic (exact) mass is 278 g/mol. The summed E-state index contributed by atoms with van der Waals surface area (Å²) >= 11 is 0. The summed E-state index contributed by atoms with van der Waals surface area (Å²) < 4.78 is 13.6. The van der Waals surface area contributed by atoms with Gasteiger partial charge in [-0.05, 0) is 13.3 Å². The molecule has 0 spiro atoms. The van der Waals surface area contributed by atoms with Gasteiger partial charge in [-0.25, -0.2) is 9.36 Å². The quantitative estimate of drug-likeness (QED) is 0.155. The molecule has 0 amide bonds. The Morgan fingerprint density at radius 3 is 2.06 bits per heavy atom. The zero-order valence-corrected chi connectivity index (χ0v) is 12.9. The number of hydrogen-bond donors (Lipinski definition) is 3. The van der Waals surface area contributed by atoms with Crippen molar-refractivity contribution in [3.05, 3.63) is 12.2 Å². The summed E-state index contributed by atoms with van der Waals surface area (Å²) in [5.41, 5.74) is 0.395. The van der Waals surface area contributed by atoms with Crippen molar-refractivity contribution in [2.75, 3.05) is 13.2 Å². The van der Waals surface area contributed by atoms with Crippen molar-refractivity contribution in [1.29, 1.82) is 0 Å². The van der Waals surface area contributed by atoms with Gasteiger partial charge in [0.1, 0.15) is 0 Å². The summed E-state index contributed by atoms with van der Waals surface area (Å²) in [6.45, 7) is 5.23. The molecule has 0 aliphatic rings. The number of unbranched alkanes of at least 4 members (excludes halogenated alkanes) is 1. The molecule has 0 saturated carbocycles. The van der Waals surface area contributed by atoms with Crippen molar-refractivity contribution in [2.24, 2.45) is 0 Å². The van der Waals surface area contributed by atoms with Gasteiger partial charge >= 0.3 is 43.3 Å². The van der Waals surface area contributed by atoms with Crippen LogP contribution in [0.15, 0.2) is 12.2 Å². The zero-order valence-electron chi connectivity index (χ0n) is 9.96. The van der Waals surface area contributed by atoms with E-state index in [0.717, 1.165) is 0 Å². The Balaban J connectivity index is -0.000000280. The summed E-state index contributed by atoms with van der Waals surface area (Å²) in [7, 11) is -4.64. The van der Waals surface area contributed by atoms with Gasteiger partial charge in [0.2, 0.25) is 0 Å². The molecule has 9 heteroatoms. The molecule has 0 aromatic rings. The van der Waals surface area contributed by atoms with E-state index in [1.807, 2.05) is 0 Å². The fraction of sp³-hybridized carbons (Fsp3) is 0.625. The van der Waals surface area contributed by atoms with Crippen molar-refractivity contribution >= 4 is 13.8 Å². The molecule has 0 aromatic carbocycles. The van der Waals surface area contributed by atoms with Gasteiger partial charge < -0.3 is 24.5 Å². The minimum atomic E-state index is -4.64. The third-order valence-corrected chi connectivity index (χ3v) is 1.12. The number of hydrogen-bond acceptors (Lipinski definition) is 4. The Hall–Kier alpha value is 0.280. The average molecular weight is 278 g/mol. The zero-order chi connectivity index (χ0) is 13.2. The van der Waals surface area contributed by atoms with Crippen LogP contribution >= 0.6 is 7.82 Å². The maximum Gasteiger partial charge on any atom is 1.00 e. The third-order valence-electron chi connectivity index (χ3n) is 1.12. The van der Waals surface area contributed by atoms with Crippen LogP contribution in [-0.2, 0) is 14.1 Å². The molecule has 17 heavy (non-hydrogen) atoms. The molecule has 0 fully saturated rings. The Morgan fingerprint density at radius 1 is 1.35 bits per heavy atom. The molecule has 0 atom stereocenters. The molecule has 0 aromatic heterocycles. The second-order valence-corrected chi connectivity index (χ2v) is 3.87. The predicted molar refractivity (Wildman–Crippen MR) is 54.1 cm³/mol. The normalized spacial score (nSPS) is 9.47. The minimum absolute atomic E-state index is 0. The van der Waals surface area contributed by atoms with Crippen LogP contribution in [-0.4, -0.2) is 33.9 Å². The first-order valence-corrected chi connectivity index (χ1v) is 5.94. The Morgan fingerprint density at radius 2 is 1.76 bits per heavy atom. The average Bonchev–Trinajstić information content (AvgIpc) is 2.09. The minimum Gasteiger partial charge on any atom is -0.854 e. The van der Waals surface area contributed by atoms with Crippen molar-refractivity contribution < 1.29 is 63.4 Å². The molecule has 0 heterocycles. The van der Waals surface area contributed by atoms with Gasteiger partial charge in [0.15, 0.2) is 0 Å². The van der Waals surface area contributed by atoms with Crippen molar-refractivity contribution in [3.63, 3.8) is 0 Å². The van der Waals surface area contributed by atoms with Gasteiger partial charge in [-0.3, -0.25) is 0 Å². The van der Waals surface area contributed by atoms with E-state index >= 15 is 0 Å². The van der Waals surface area contributed by atoms with Gasteiger partial charge in [0.05, 0.1) is 6.61 Å². The molecular formula is C8H16NaO7P. The molecular weight excluding hydrogens is 262 g/mol. The molecule has 0 aliphatic heterocycles. The summed E-state index contributed by atoms with van der Waals surface area (Å²) in [5, 5.41) is 9.95. The van der Waals surface area contributed by atoms with Crippen molar-refractivity contribution in [1.82, 2.24) is 0 Å². The number of esters is 1. The maximum absolute atomic E-state index is 10.7. The molecule has 0 bridgehead atoms. The topological polar surface area (TPSA) is 127 Å². The van der Waals surface area contributed by atoms with Crippen LogP contribution in [0, 0.1) is 0 Å². The predicted octanol–water partition coefficient (Wildman–Crippen LogP) is -3.68. The van der Waals surface area contributed by atoms with Crippen LogP contribution in [0.1, 0.15) is 19.8 Å². The maximum atomic E-state index is 10.7. The largest absolute Gasteiger partial charge is 1.00 e. The number of carbonyl (C=O) groups is 1. The summed E-state index contributed by atoms with van der Waals surface area (Å²) in [5.74, 6) is -0.379. The van der Waals surface area contributed by atoms with Gasteiger partial charge in [0, 0.05) is 5.57 Å². The summed E-state index contributed by atoms with van der Waals surface area (Å²) in [6, 6.07) is 0. The second kappa shape index (κ2) is 12.7. The second-order valence-electron chi connectivity index (χ2n) is 2.84. The number of rotatable bonds is 5. The number of ether oxygens (including phenoxy) is 1. The molecule has 0 unspecified atom stereocenters. The molecule has 7 nitrogen and oxygen atoms in total. The van der Waals surface area contributed by atoms with E-state index in [1.54, 1.807) is 6.92 Å². The molecule has 0 saturated heterocycles. The first kappa shape index (κ1) is 22.5. The van der Waals surface area contributed by atoms with E-state index in [1.165, 1.54) is 0 Å². The third kappa shape index (κ3) is 31.4. The molecule has 96 valence electrons. The first-order chi connectivity index (χ1) is 7.18. The van der Waals surface area contributed by atoms with Crippen LogP contribution in [0.2, 0.25) is 0 Å². The Labute approximate surface area is 122 Å². The molecule has 0 aliphatic carbocycles. The summed E-state index contributed by atoms with van der Waals surface area (Å²) in [6.07, 6.45) is 1.20. The van der Waals surface area contributed by atoms with Crippen LogP contribution in [0.25, 0.3) is 0 Å². The van der Waals surface area contributed by atoms with Crippen LogP contribution < -0.4 is 34.7 Å². The van der Waals surface area contributed by atoms with Crippen molar-refractivity contribution in [2.45, 2.75) is 19.8 Å². The van der Waals surface area contributed by atoms with E-state index in [9.17, 15) is 9.90 Å². The Bertz CT molecular complexity index is 254. The molecule has 0 radical (unpaired) electrons. The molecule has 3 N–H and O–H groups in total. The van der Waals surface area contributed by atoms with Crippen LogP contribution in [0.5, 0.6) is 0 Å². The number of phosphoric acid groups is 1.